The zero-order valence-electron chi connectivity index (χ0n) is 12.1. The molecule has 1 aromatic rings. The fourth-order valence-corrected chi connectivity index (χ4v) is 2.98. The first-order valence-corrected chi connectivity index (χ1v) is 7.49. The molecule has 7 heteroatoms. The van der Waals surface area contributed by atoms with E-state index in [0.29, 0.717) is 36.6 Å². The molecule has 1 saturated heterocycles. The van der Waals surface area contributed by atoms with Crippen LogP contribution in [0.25, 0.3) is 0 Å². The van der Waals surface area contributed by atoms with Crippen molar-refractivity contribution >= 4 is 17.4 Å². The molecule has 1 fully saturated rings. The number of nitrogens with one attached hydrogen (secondary N) is 1. The first-order chi connectivity index (χ1) is 9.38. The number of nitrogens with zero attached hydrogens (tertiary/aromatic N) is 2. The van der Waals surface area contributed by atoms with Crippen LogP contribution >= 0.6 is 11.5 Å². The Morgan fingerprint density at radius 3 is 2.65 bits per heavy atom. The van der Waals surface area contributed by atoms with Gasteiger partial charge in [-0.05, 0) is 24.4 Å². The normalized spacial score (nSPS) is 18.8. The van der Waals surface area contributed by atoms with Gasteiger partial charge in [0.2, 0.25) is 0 Å². The Hall–Kier alpha value is -1.05. The summed E-state index contributed by atoms with van der Waals surface area (Å²) >= 11 is 1.10. The molecule has 1 aromatic heterocycles. The molecule has 0 aromatic carbocycles. The first-order valence-electron chi connectivity index (χ1n) is 6.72. The Labute approximate surface area is 122 Å². The van der Waals surface area contributed by atoms with Crippen molar-refractivity contribution in [3.8, 4) is 0 Å². The van der Waals surface area contributed by atoms with Crippen LogP contribution in [-0.2, 0) is 10.2 Å². The second-order valence-corrected chi connectivity index (χ2v) is 6.96. The Balaban J connectivity index is 2.18. The highest BCUT2D eigenvalue weighted by atomic mass is 32.1. The lowest BCUT2D eigenvalue weighted by Crippen LogP contribution is -2.54. The van der Waals surface area contributed by atoms with Gasteiger partial charge in [-0.1, -0.05) is 25.3 Å². The molecule has 0 unspecified atom stereocenters. The highest BCUT2D eigenvalue weighted by molar-refractivity contribution is 7.08. The third-order valence-corrected chi connectivity index (χ3v) is 4.26. The summed E-state index contributed by atoms with van der Waals surface area (Å²) in [7, 11) is 0. The number of ether oxygens (including phenoxy) is 1. The van der Waals surface area contributed by atoms with Crippen LogP contribution in [0.4, 0.5) is 0 Å². The molecule has 0 radical (unpaired) electrons. The van der Waals surface area contributed by atoms with Crippen LogP contribution in [0.15, 0.2) is 0 Å². The molecule has 1 aliphatic rings. The molecular weight excluding hydrogens is 278 g/mol. The van der Waals surface area contributed by atoms with Gasteiger partial charge in [-0.25, -0.2) is 0 Å². The number of rotatable bonds is 3. The van der Waals surface area contributed by atoms with Crippen LogP contribution in [-0.4, -0.2) is 46.0 Å². The zero-order chi connectivity index (χ0) is 14.8. The van der Waals surface area contributed by atoms with Crippen LogP contribution < -0.4 is 5.32 Å². The number of aromatic nitrogens is 2. The third kappa shape index (κ3) is 3.16. The SMILES string of the molecule is CC(C)(C)c1nnsc1C(=O)NC1(CO)CCOCC1. The van der Waals surface area contributed by atoms with Crippen LogP contribution in [0, 0.1) is 0 Å². The van der Waals surface area contributed by atoms with Crippen LogP contribution in [0.1, 0.15) is 49.0 Å². The Morgan fingerprint density at radius 2 is 2.10 bits per heavy atom. The second kappa shape index (κ2) is 5.75. The van der Waals surface area contributed by atoms with Crippen LogP contribution in [0.2, 0.25) is 0 Å². The summed E-state index contributed by atoms with van der Waals surface area (Å²) in [5.41, 5.74) is -0.129. The first kappa shape index (κ1) is 15.3. The predicted octanol–water partition coefficient (Wildman–Crippen LogP) is 1.11. The fraction of sp³-hybridized carbons (Fsp3) is 0.769. The molecule has 0 aliphatic carbocycles. The Bertz CT molecular complexity index is 475. The summed E-state index contributed by atoms with van der Waals surface area (Å²) < 4.78 is 9.19. The van der Waals surface area contributed by atoms with Crippen molar-refractivity contribution in [2.45, 2.75) is 44.6 Å². The van der Waals surface area contributed by atoms with Gasteiger partial charge in [0.1, 0.15) is 4.88 Å². The number of aliphatic hydroxyl groups is 1. The van der Waals surface area contributed by atoms with E-state index >= 15 is 0 Å². The van der Waals surface area contributed by atoms with Gasteiger partial charge in [0.15, 0.2) is 0 Å². The van der Waals surface area contributed by atoms with Crippen molar-refractivity contribution < 1.29 is 14.6 Å². The van der Waals surface area contributed by atoms with Gasteiger partial charge in [0.25, 0.3) is 5.91 Å². The maximum absolute atomic E-state index is 12.5. The lowest BCUT2D eigenvalue weighted by atomic mass is 9.89. The Morgan fingerprint density at radius 1 is 1.45 bits per heavy atom. The van der Waals surface area contributed by atoms with Crippen molar-refractivity contribution in [2.75, 3.05) is 19.8 Å². The quantitative estimate of drug-likeness (QED) is 0.873. The molecule has 0 atom stereocenters. The van der Waals surface area contributed by atoms with Gasteiger partial charge >= 0.3 is 0 Å². The molecule has 6 nitrogen and oxygen atoms in total. The monoisotopic (exact) mass is 299 g/mol. The molecular formula is C13H21N3O3S. The molecule has 1 aliphatic heterocycles. The van der Waals surface area contributed by atoms with E-state index in [-0.39, 0.29) is 17.9 Å². The second-order valence-electron chi connectivity index (χ2n) is 6.21. The summed E-state index contributed by atoms with van der Waals surface area (Å²) in [5.74, 6) is -0.208. The smallest absolute Gasteiger partial charge is 0.265 e. The predicted molar refractivity (Wildman–Crippen MR) is 75.9 cm³/mol. The molecule has 2 heterocycles. The molecule has 112 valence electrons. The molecule has 1 amide bonds. The number of amides is 1. The van der Waals surface area contributed by atoms with E-state index in [0.717, 1.165) is 11.5 Å². The van der Waals surface area contributed by atoms with Crippen molar-refractivity contribution in [2.24, 2.45) is 0 Å². The lowest BCUT2D eigenvalue weighted by Gasteiger charge is -2.36. The van der Waals surface area contributed by atoms with E-state index in [4.69, 9.17) is 4.74 Å². The molecule has 2 N–H and O–H groups in total. The van der Waals surface area contributed by atoms with Gasteiger partial charge < -0.3 is 15.2 Å². The van der Waals surface area contributed by atoms with Gasteiger partial charge in [0, 0.05) is 18.6 Å². The summed E-state index contributed by atoms with van der Waals surface area (Å²) in [4.78, 5) is 13.0. The van der Waals surface area contributed by atoms with E-state index < -0.39 is 5.54 Å². The zero-order valence-corrected chi connectivity index (χ0v) is 12.9. The highest BCUT2D eigenvalue weighted by Gasteiger charge is 2.36. The topological polar surface area (TPSA) is 84.3 Å². The fourth-order valence-electron chi connectivity index (χ4n) is 2.21. The van der Waals surface area contributed by atoms with Crippen LogP contribution in [0.3, 0.4) is 0 Å². The van der Waals surface area contributed by atoms with Gasteiger partial charge in [-0.2, -0.15) is 0 Å². The molecule has 2 rings (SSSR count). The minimum Gasteiger partial charge on any atom is -0.394 e. The standard InChI is InChI=1S/C13H21N3O3S/c1-12(2,3)10-9(20-16-15-10)11(18)14-13(8-17)4-6-19-7-5-13/h17H,4-8H2,1-3H3,(H,14,18). The van der Waals surface area contributed by atoms with E-state index in [1.165, 1.54) is 0 Å². The number of carbonyl (C=O) groups is 1. The summed E-state index contributed by atoms with van der Waals surface area (Å²) in [6.07, 6.45) is 1.23. The highest BCUT2D eigenvalue weighted by Crippen LogP contribution is 2.27. The molecule has 0 saturated carbocycles. The van der Waals surface area contributed by atoms with E-state index in [1.807, 2.05) is 20.8 Å². The van der Waals surface area contributed by atoms with E-state index in [1.54, 1.807) is 0 Å². The maximum atomic E-state index is 12.5. The molecule has 0 bridgehead atoms. The van der Waals surface area contributed by atoms with Gasteiger partial charge in [-0.3, -0.25) is 4.79 Å². The van der Waals surface area contributed by atoms with E-state index in [9.17, 15) is 9.90 Å². The average molecular weight is 299 g/mol. The summed E-state index contributed by atoms with van der Waals surface area (Å²) in [6, 6.07) is 0. The number of hydrogen-bond acceptors (Lipinski definition) is 6. The van der Waals surface area contributed by atoms with Gasteiger partial charge in [-0.15, -0.1) is 5.10 Å². The van der Waals surface area contributed by atoms with Crippen molar-refractivity contribution in [3.63, 3.8) is 0 Å². The van der Waals surface area contributed by atoms with Crippen LogP contribution in [0.5, 0.6) is 0 Å². The number of hydrogen-bond donors (Lipinski definition) is 2. The largest absolute Gasteiger partial charge is 0.394 e. The number of aliphatic hydroxyl groups excluding tert-OH is 1. The van der Waals surface area contributed by atoms with Crippen molar-refractivity contribution in [3.05, 3.63) is 10.6 Å². The minimum atomic E-state index is -0.589. The van der Waals surface area contributed by atoms with E-state index in [2.05, 4.69) is 14.9 Å². The lowest BCUT2D eigenvalue weighted by molar-refractivity contribution is 0.0126. The average Bonchev–Trinajstić information content (AvgIpc) is 2.89. The summed E-state index contributed by atoms with van der Waals surface area (Å²) in [5, 5.41) is 16.6. The Kier molecular flexibility index (Phi) is 4.41. The van der Waals surface area contributed by atoms with Crippen molar-refractivity contribution in [1.29, 1.82) is 0 Å². The molecule has 20 heavy (non-hydrogen) atoms. The third-order valence-electron chi connectivity index (χ3n) is 3.54. The molecule has 0 spiro atoms. The minimum absolute atomic E-state index is 0.0841. The van der Waals surface area contributed by atoms with Crippen molar-refractivity contribution in [1.82, 2.24) is 14.9 Å². The number of carbonyl (C=O) groups excluding carboxylic acids is 1. The van der Waals surface area contributed by atoms with Gasteiger partial charge in [0.05, 0.1) is 17.8 Å². The summed E-state index contributed by atoms with van der Waals surface area (Å²) in [6.45, 7) is 7.01. The maximum Gasteiger partial charge on any atom is 0.265 e.